The number of hydrogen-bond acceptors (Lipinski definition) is 6. The Morgan fingerprint density at radius 1 is 1.19 bits per heavy atom. The molecule has 0 spiro atoms. The van der Waals surface area contributed by atoms with Crippen LogP contribution in [0, 0.1) is 0 Å². The standard InChI is InChI=1S/C23H26N2O6/c1-3-5-19(6-4-2)31-23(29)16-30-15-20(26)24-18-10-7-17(8-11-18)9-12-21(27)25-14-13-22(25)28/h3-8,10-11H,1,9,12-16H2,2H3,(H,24,26). The lowest BCUT2D eigenvalue weighted by atomic mass is 10.1. The molecule has 1 aliphatic rings. The van der Waals surface area contributed by atoms with E-state index in [1.54, 1.807) is 43.3 Å². The van der Waals surface area contributed by atoms with Gasteiger partial charge in [-0.15, -0.1) is 0 Å². The third-order valence-electron chi connectivity index (χ3n) is 4.31. The van der Waals surface area contributed by atoms with Crippen molar-refractivity contribution in [1.29, 1.82) is 0 Å². The Morgan fingerprint density at radius 3 is 2.52 bits per heavy atom. The van der Waals surface area contributed by atoms with Crippen LogP contribution >= 0.6 is 0 Å². The average Bonchev–Trinajstić information content (AvgIpc) is 2.72. The molecule has 1 aromatic carbocycles. The maximum Gasteiger partial charge on any atom is 0.337 e. The Balaban J connectivity index is 1.69. The molecule has 2 rings (SSSR count). The van der Waals surface area contributed by atoms with E-state index >= 15 is 0 Å². The Labute approximate surface area is 181 Å². The number of carbonyl (C=O) groups is 4. The number of anilines is 1. The van der Waals surface area contributed by atoms with E-state index in [2.05, 4.69) is 11.9 Å². The van der Waals surface area contributed by atoms with Crippen molar-refractivity contribution in [3.8, 4) is 0 Å². The number of esters is 1. The van der Waals surface area contributed by atoms with Crippen LogP contribution in [0.1, 0.15) is 25.3 Å². The zero-order valence-corrected chi connectivity index (χ0v) is 17.5. The molecule has 164 valence electrons. The molecule has 0 radical (unpaired) electrons. The summed E-state index contributed by atoms with van der Waals surface area (Å²) >= 11 is 0. The summed E-state index contributed by atoms with van der Waals surface area (Å²) in [6, 6.07) is 7.02. The predicted octanol–water partition coefficient (Wildman–Crippen LogP) is 2.52. The van der Waals surface area contributed by atoms with Gasteiger partial charge >= 0.3 is 5.97 Å². The van der Waals surface area contributed by atoms with Crippen LogP contribution in [0.25, 0.3) is 0 Å². The van der Waals surface area contributed by atoms with Crippen molar-refractivity contribution in [3.63, 3.8) is 0 Å². The number of allylic oxidation sites excluding steroid dienone is 4. The molecule has 1 saturated heterocycles. The number of ether oxygens (including phenoxy) is 2. The Bertz CT molecular complexity index is 886. The second kappa shape index (κ2) is 12.2. The van der Waals surface area contributed by atoms with Crippen molar-refractivity contribution in [3.05, 3.63) is 66.5 Å². The van der Waals surface area contributed by atoms with Crippen LogP contribution in [0.15, 0.2) is 60.9 Å². The predicted molar refractivity (Wildman–Crippen MR) is 115 cm³/mol. The van der Waals surface area contributed by atoms with Gasteiger partial charge in [0.1, 0.15) is 19.0 Å². The van der Waals surface area contributed by atoms with Crippen LogP contribution in [-0.4, -0.2) is 48.3 Å². The minimum atomic E-state index is -0.627. The molecule has 8 heteroatoms. The third-order valence-corrected chi connectivity index (χ3v) is 4.31. The molecule has 3 amide bonds. The number of β-lactam (4-membered cyclic amide) rings is 1. The molecule has 0 saturated carbocycles. The van der Waals surface area contributed by atoms with Gasteiger partial charge in [0.2, 0.25) is 17.7 Å². The minimum Gasteiger partial charge on any atom is -0.425 e. The molecule has 31 heavy (non-hydrogen) atoms. The maximum absolute atomic E-state index is 12.0. The number of amides is 3. The van der Waals surface area contributed by atoms with Crippen molar-refractivity contribution < 1.29 is 28.7 Å². The summed E-state index contributed by atoms with van der Waals surface area (Å²) in [5.74, 6) is -0.999. The number of aryl methyl sites for hydroxylation is 1. The smallest absolute Gasteiger partial charge is 0.337 e. The molecule has 0 atom stereocenters. The lowest BCUT2D eigenvalue weighted by Gasteiger charge is -2.28. The third kappa shape index (κ3) is 8.02. The van der Waals surface area contributed by atoms with Gasteiger partial charge in [0, 0.05) is 25.1 Å². The highest BCUT2D eigenvalue weighted by atomic mass is 16.6. The summed E-state index contributed by atoms with van der Waals surface area (Å²) in [6.07, 6.45) is 7.57. The Hall–Kier alpha value is -3.52. The van der Waals surface area contributed by atoms with Crippen molar-refractivity contribution in [1.82, 2.24) is 4.90 Å². The van der Waals surface area contributed by atoms with Crippen LogP contribution in [-0.2, 0) is 35.1 Å². The first-order valence-electron chi connectivity index (χ1n) is 9.88. The van der Waals surface area contributed by atoms with Gasteiger partial charge in [0.15, 0.2) is 0 Å². The molecule has 0 unspecified atom stereocenters. The van der Waals surface area contributed by atoms with Crippen molar-refractivity contribution in [2.45, 2.75) is 26.2 Å². The molecule has 8 nitrogen and oxygen atoms in total. The van der Waals surface area contributed by atoms with E-state index in [0.717, 1.165) is 5.56 Å². The Morgan fingerprint density at radius 2 is 1.94 bits per heavy atom. The van der Waals surface area contributed by atoms with Crippen molar-refractivity contribution in [2.75, 3.05) is 25.1 Å². The molecule has 0 aliphatic carbocycles. The van der Waals surface area contributed by atoms with Gasteiger partial charge in [0.25, 0.3) is 0 Å². The van der Waals surface area contributed by atoms with Crippen LogP contribution in [0.5, 0.6) is 0 Å². The van der Waals surface area contributed by atoms with Crippen LogP contribution in [0.3, 0.4) is 0 Å². The number of benzene rings is 1. The zero-order chi connectivity index (χ0) is 22.6. The summed E-state index contributed by atoms with van der Waals surface area (Å²) < 4.78 is 10.2. The monoisotopic (exact) mass is 426 g/mol. The summed E-state index contributed by atoms with van der Waals surface area (Å²) in [4.78, 5) is 48.1. The first-order valence-corrected chi connectivity index (χ1v) is 9.88. The largest absolute Gasteiger partial charge is 0.425 e. The van der Waals surface area contributed by atoms with Crippen molar-refractivity contribution in [2.24, 2.45) is 0 Å². The van der Waals surface area contributed by atoms with E-state index in [-0.39, 0.29) is 31.4 Å². The van der Waals surface area contributed by atoms with Gasteiger partial charge in [-0.05, 0) is 43.2 Å². The maximum atomic E-state index is 12.0. The van der Waals surface area contributed by atoms with Crippen molar-refractivity contribution >= 4 is 29.4 Å². The molecular formula is C23H26N2O6. The fourth-order valence-corrected chi connectivity index (χ4v) is 2.71. The highest BCUT2D eigenvalue weighted by Crippen LogP contribution is 2.14. The molecule has 1 N–H and O–H groups in total. The van der Waals surface area contributed by atoms with Crippen LogP contribution in [0.4, 0.5) is 5.69 Å². The molecule has 0 aromatic heterocycles. The summed E-state index contributed by atoms with van der Waals surface area (Å²) in [7, 11) is 0. The number of nitrogens with one attached hydrogen (secondary N) is 1. The molecule has 1 aliphatic heterocycles. The van der Waals surface area contributed by atoms with E-state index < -0.39 is 11.9 Å². The highest BCUT2D eigenvalue weighted by molar-refractivity contribution is 5.99. The van der Waals surface area contributed by atoms with Gasteiger partial charge in [-0.1, -0.05) is 30.9 Å². The topological polar surface area (TPSA) is 102 Å². The van der Waals surface area contributed by atoms with Gasteiger partial charge in [-0.3, -0.25) is 19.3 Å². The number of carbonyl (C=O) groups excluding carboxylic acids is 4. The highest BCUT2D eigenvalue weighted by Gasteiger charge is 2.29. The molecular weight excluding hydrogens is 400 g/mol. The number of rotatable bonds is 11. The van der Waals surface area contributed by atoms with Crippen LogP contribution in [0.2, 0.25) is 0 Å². The average molecular weight is 426 g/mol. The normalized spacial score (nSPS) is 13.6. The van der Waals surface area contributed by atoms with E-state index in [4.69, 9.17) is 9.47 Å². The number of hydrogen-bond donors (Lipinski definition) is 1. The number of imide groups is 1. The SMILES string of the molecule is C=CC=C(C=CC)OC(=O)COCC(=O)Nc1ccc(CCC(=O)N2CCC2=O)cc1. The van der Waals surface area contributed by atoms with Gasteiger partial charge in [-0.25, -0.2) is 4.79 Å². The zero-order valence-electron chi connectivity index (χ0n) is 17.5. The molecule has 1 heterocycles. The lowest BCUT2D eigenvalue weighted by Crippen LogP contribution is -2.47. The fraction of sp³-hybridized carbons (Fsp3) is 0.304. The van der Waals surface area contributed by atoms with E-state index in [1.807, 2.05) is 0 Å². The summed E-state index contributed by atoms with van der Waals surface area (Å²) in [5, 5.41) is 2.66. The fourth-order valence-electron chi connectivity index (χ4n) is 2.71. The van der Waals surface area contributed by atoms with E-state index in [9.17, 15) is 19.2 Å². The lowest BCUT2D eigenvalue weighted by molar-refractivity contribution is -0.152. The van der Waals surface area contributed by atoms with Gasteiger partial charge < -0.3 is 14.8 Å². The second-order valence-corrected chi connectivity index (χ2v) is 6.71. The Kier molecular flexibility index (Phi) is 9.38. The summed E-state index contributed by atoms with van der Waals surface area (Å²) in [6.45, 7) is 5.15. The molecule has 0 bridgehead atoms. The first kappa shape index (κ1) is 23.8. The van der Waals surface area contributed by atoms with Gasteiger partial charge in [0.05, 0.1) is 0 Å². The van der Waals surface area contributed by atoms with Gasteiger partial charge in [-0.2, -0.15) is 0 Å². The quantitative estimate of drug-likeness (QED) is 0.253. The van der Waals surface area contributed by atoms with E-state index in [1.165, 1.54) is 17.1 Å². The molecule has 1 fully saturated rings. The molecule has 1 aromatic rings. The number of nitrogens with zero attached hydrogens (tertiary/aromatic N) is 1. The first-order chi connectivity index (χ1) is 14.9. The second-order valence-electron chi connectivity index (χ2n) is 6.71. The van der Waals surface area contributed by atoms with Crippen LogP contribution < -0.4 is 5.32 Å². The van der Waals surface area contributed by atoms with E-state index in [0.29, 0.717) is 30.8 Å². The number of likely N-dealkylation sites (tertiary alicyclic amines) is 1. The minimum absolute atomic E-state index is 0.120. The summed E-state index contributed by atoms with van der Waals surface area (Å²) in [5.41, 5.74) is 1.48.